The summed E-state index contributed by atoms with van der Waals surface area (Å²) < 4.78 is 5.31. The average molecular weight is 256 g/mol. The smallest absolute Gasteiger partial charge is 0.228 e. The number of ether oxygens (including phenoxy) is 1. The van der Waals surface area contributed by atoms with Crippen LogP contribution in [0.3, 0.4) is 0 Å². The van der Waals surface area contributed by atoms with E-state index in [2.05, 4.69) is 5.32 Å². The predicted octanol–water partition coefficient (Wildman–Crippen LogP) is 0.163. The molecule has 5 heteroatoms. The topological polar surface area (TPSA) is 84.6 Å². The molecule has 4 N–H and O–H groups in total. The summed E-state index contributed by atoms with van der Waals surface area (Å²) in [5, 5.41) is 12.6. The summed E-state index contributed by atoms with van der Waals surface area (Å²) in [5.41, 5.74) is 4.92. The third-order valence-corrected chi connectivity index (χ3v) is 4.56. The van der Waals surface area contributed by atoms with E-state index in [1.165, 1.54) is 0 Å². The second-order valence-corrected chi connectivity index (χ2v) is 5.70. The van der Waals surface area contributed by atoms with Gasteiger partial charge in [0, 0.05) is 19.8 Å². The van der Waals surface area contributed by atoms with Crippen molar-refractivity contribution in [2.24, 2.45) is 11.1 Å². The lowest BCUT2D eigenvalue weighted by molar-refractivity contribution is -0.138. The quantitative estimate of drug-likeness (QED) is 0.669. The Bertz CT molecular complexity index is 295. The van der Waals surface area contributed by atoms with Crippen LogP contribution in [0.15, 0.2) is 0 Å². The number of nitrogens with one attached hydrogen (secondary N) is 1. The van der Waals surface area contributed by atoms with Gasteiger partial charge in [0.2, 0.25) is 5.91 Å². The first-order chi connectivity index (χ1) is 8.66. The normalized spacial score (nSPS) is 25.9. The minimum atomic E-state index is -0.497. The number of carbonyl (C=O) groups is 1. The number of aliphatic hydroxyl groups is 1. The molecule has 1 aliphatic carbocycles. The number of hydrogen-bond donors (Lipinski definition) is 3. The molecule has 1 heterocycles. The van der Waals surface area contributed by atoms with Crippen molar-refractivity contribution in [3.8, 4) is 0 Å². The minimum absolute atomic E-state index is 0.00394. The van der Waals surface area contributed by atoms with Crippen LogP contribution < -0.4 is 11.1 Å². The maximum atomic E-state index is 12.5. The Balaban J connectivity index is 2.05. The summed E-state index contributed by atoms with van der Waals surface area (Å²) in [6.45, 7) is 1.56. The van der Waals surface area contributed by atoms with Gasteiger partial charge in [0.05, 0.1) is 17.6 Å². The van der Waals surface area contributed by atoms with E-state index in [4.69, 9.17) is 10.5 Å². The lowest BCUT2D eigenvalue weighted by Crippen LogP contribution is -2.57. The summed E-state index contributed by atoms with van der Waals surface area (Å²) in [4.78, 5) is 12.5. The number of hydrogen-bond acceptors (Lipinski definition) is 4. The van der Waals surface area contributed by atoms with Crippen LogP contribution in [-0.4, -0.2) is 42.9 Å². The van der Waals surface area contributed by atoms with Crippen LogP contribution in [0.4, 0.5) is 0 Å². The van der Waals surface area contributed by atoms with Crippen molar-refractivity contribution >= 4 is 5.91 Å². The molecular weight excluding hydrogens is 232 g/mol. The van der Waals surface area contributed by atoms with Crippen molar-refractivity contribution in [2.45, 2.75) is 44.1 Å². The van der Waals surface area contributed by atoms with E-state index >= 15 is 0 Å². The van der Waals surface area contributed by atoms with Gasteiger partial charge in [0.1, 0.15) is 0 Å². The molecule has 0 spiro atoms. The van der Waals surface area contributed by atoms with Crippen LogP contribution in [-0.2, 0) is 9.53 Å². The van der Waals surface area contributed by atoms with Gasteiger partial charge in [0.25, 0.3) is 0 Å². The third kappa shape index (κ3) is 2.53. The maximum absolute atomic E-state index is 12.5. The van der Waals surface area contributed by atoms with E-state index in [-0.39, 0.29) is 12.5 Å². The number of aliphatic hydroxyl groups excluding tert-OH is 1. The van der Waals surface area contributed by atoms with Gasteiger partial charge in [-0.15, -0.1) is 0 Å². The van der Waals surface area contributed by atoms with E-state index in [0.717, 1.165) is 25.7 Å². The molecule has 0 aromatic rings. The van der Waals surface area contributed by atoms with Crippen LogP contribution in [0.5, 0.6) is 0 Å². The Kier molecular flexibility index (Phi) is 4.25. The first-order valence-electron chi connectivity index (χ1n) is 6.88. The van der Waals surface area contributed by atoms with Gasteiger partial charge in [-0.3, -0.25) is 4.79 Å². The van der Waals surface area contributed by atoms with E-state index in [0.29, 0.717) is 32.6 Å². The molecule has 2 rings (SSSR count). The molecule has 1 aliphatic heterocycles. The maximum Gasteiger partial charge on any atom is 0.228 e. The number of amides is 1. The van der Waals surface area contributed by atoms with Crippen LogP contribution in [0, 0.1) is 5.41 Å². The van der Waals surface area contributed by atoms with Crippen molar-refractivity contribution in [3.63, 3.8) is 0 Å². The fourth-order valence-electron chi connectivity index (χ4n) is 3.03. The van der Waals surface area contributed by atoms with Crippen molar-refractivity contribution in [1.29, 1.82) is 0 Å². The third-order valence-electron chi connectivity index (χ3n) is 4.56. The van der Waals surface area contributed by atoms with Gasteiger partial charge in [0.15, 0.2) is 0 Å². The highest BCUT2D eigenvalue weighted by atomic mass is 16.5. The molecule has 5 nitrogen and oxygen atoms in total. The number of rotatable bonds is 4. The van der Waals surface area contributed by atoms with Gasteiger partial charge < -0.3 is 20.9 Å². The fraction of sp³-hybridized carbons (Fsp3) is 0.923. The lowest BCUT2D eigenvalue weighted by Gasteiger charge is -2.38. The van der Waals surface area contributed by atoms with Gasteiger partial charge in [-0.05, 0) is 25.7 Å². The standard InChI is InChI=1S/C13H24N2O3/c14-9-12(5-7-18-8-6-12)11(17)15-13(10-16)3-1-2-4-13/h16H,1-10,14H2,(H,15,17). The highest BCUT2D eigenvalue weighted by molar-refractivity contribution is 5.83. The summed E-state index contributed by atoms with van der Waals surface area (Å²) >= 11 is 0. The Morgan fingerprint density at radius 1 is 1.22 bits per heavy atom. The zero-order valence-corrected chi connectivity index (χ0v) is 10.9. The van der Waals surface area contributed by atoms with E-state index in [1.54, 1.807) is 0 Å². The zero-order chi connectivity index (χ0) is 13.1. The first-order valence-corrected chi connectivity index (χ1v) is 6.88. The van der Waals surface area contributed by atoms with Crippen molar-refractivity contribution in [3.05, 3.63) is 0 Å². The molecule has 0 radical (unpaired) electrons. The second kappa shape index (κ2) is 5.55. The molecular formula is C13H24N2O3. The molecule has 2 aliphatic rings. The highest BCUT2D eigenvalue weighted by Gasteiger charge is 2.43. The minimum Gasteiger partial charge on any atom is -0.394 e. The number of nitrogens with two attached hydrogens (primary N) is 1. The van der Waals surface area contributed by atoms with E-state index in [1.807, 2.05) is 0 Å². The highest BCUT2D eigenvalue weighted by Crippen LogP contribution is 2.34. The largest absolute Gasteiger partial charge is 0.394 e. The zero-order valence-electron chi connectivity index (χ0n) is 10.9. The Morgan fingerprint density at radius 2 is 1.83 bits per heavy atom. The van der Waals surface area contributed by atoms with Crippen LogP contribution in [0.25, 0.3) is 0 Å². The Morgan fingerprint density at radius 3 is 2.33 bits per heavy atom. The summed E-state index contributed by atoms with van der Waals surface area (Å²) in [6.07, 6.45) is 5.23. The molecule has 0 unspecified atom stereocenters. The van der Waals surface area contributed by atoms with Gasteiger partial charge >= 0.3 is 0 Å². The van der Waals surface area contributed by atoms with Crippen LogP contribution in [0.1, 0.15) is 38.5 Å². The summed E-state index contributed by atoms with van der Waals surface area (Å²) in [7, 11) is 0. The van der Waals surface area contributed by atoms with Gasteiger partial charge in [-0.2, -0.15) is 0 Å². The molecule has 18 heavy (non-hydrogen) atoms. The van der Waals surface area contributed by atoms with Gasteiger partial charge in [-0.25, -0.2) is 0 Å². The molecule has 1 saturated carbocycles. The molecule has 2 fully saturated rings. The summed E-state index contributed by atoms with van der Waals surface area (Å²) in [6, 6.07) is 0. The lowest BCUT2D eigenvalue weighted by atomic mass is 9.78. The average Bonchev–Trinajstić information content (AvgIpc) is 2.88. The SMILES string of the molecule is NCC1(C(=O)NC2(CO)CCCC2)CCOCC1. The molecule has 0 atom stereocenters. The molecule has 1 amide bonds. The van der Waals surface area contributed by atoms with Crippen LogP contribution >= 0.6 is 0 Å². The van der Waals surface area contributed by atoms with Crippen molar-refractivity contribution < 1.29 is 14.6 Å². The van der Waals surface area contributed by atoms with E-state index < -0.39 is 11.0 Å². The Labute approximate surface area is 108 Å². The predicted molar refractivity (Wildman–Crippen MR) is 68.0 cm³/mol. The Hall–Kier alpha value is -0.650. The molecule has 1 saturated heterocycles. The van der Waals surface area contributed by atoms with Crippen molar-refractivity contribution in [1.82, 2.24) is 5.32 Å². The molecule has 0 bridgehead atoms. The number of carbonyl (C=O) groups excluding carboxylic acids is 1. The molecule has 0 aromatic carbocycles. The van der Waals surface area contributed by atoms with E-state index in [9.17, 15) is 9.90 Å². The molecule has 104 valence electrons. The van der Waals surface area contributed by atoms with Gasteiger partial charge in [-0.1, -0.05) is 12.8 Å². The molecule has 0 aromatic heterocycles. The summed E-state index contributed by atoms with van der Waals surface area (Å²) in [5.74, 6) is 0.00394. The fourth-order valence-corrected chi connectivity index (χ4v) is 3.03. The first kappa shape index (κ1) is 13.8. The monoisotopic (exact) mass is 256 g/mol. The van der Waals surface area contributed by atoms with Crippen LogP contribution in [0.2, 0.25) is 0 Å². The second-order valence-electron chi connectivity index (χ2n) is 5.70. The van der Waals surface area contributed by atoms with Crippen molar-refractivity contribution in [2.75, 3.05) is 26.4 Å².